The molecule has 5 nitrogen and oxygen atoms in total. The molecule has 0 aliphatic carbocycles. The van der Waals surface area contributed by atoms with Crippen LogP contribution >= 0.6 is 34.3 Å². The molecule has 1 aromatic carbocycles. The minimum Gasteiger partial charge on any atom is -0.320 e. The van der Waals surface area contributed by atoms with E-state index >= 15 is 0 Å². The second kappa shape index (κ2) is 5.88. The van der Waals surface area contributed by atoms with Gasteiger partial charge in [-0.2, -0.15) is 0 Å². The molecule has 3 rings (SSSR count). The summed E-state index contributed by atoms with van der Waals surface area (Å²) in [4.78, 5) is 16.4. The number of nitrogens with zero attached hydrogens (tertiary/aromatic N) is 3. The van der Waals surface area contributed by atoms with Gasteiger partial charge in [0, 0.05) is 16.6 Å². The van der Waals surface area contributed by atoms with Gasteiger partial charge in [0.15, 0.2) is 0 Å². The molecule has 0 bridgehead atoms. The second-order valence-corrected chi connectivity index (χ2v) is 6.77. The van der Waals surface area contributed by atoms with Crippen LogP contribution in [0.2, 0.25) is 4.47 Å². The molecule has 0 aliphatic rings. The number of aryl methyl sites for hydroxylation is 1. The van der Waals surface area contributed by atoms with Gasteiger partial charge in [0.2, 0.25) is 9.47 Å². The third kappa shape index (κ3) is 3.26. The van der Waals surface area contributed by atoms with E-state index in [1.807, 2.05) is 36.6 Å². The SMILES string of the molecule is Cc1nc(-c2cccc(NC(=O)c3nnc(Cl)s3)c2)cs1. The Hall–Kier alpha value is -1.83. The predicted octanol–water partition coefficient (Wildman–Crippen LogP) is 3.88. The first kappa shape index (κ1) is 14.1. The number of carbonyl (C=O) groups is 1. The highest BCUT2D eigenvalue weighted by molar-refractivity contribution is 7.17. The first-order valence-corrected chi connectivity index (χ1v) is 8.02. The monoisotopic (exact) mass is 336 g/mol. The Morgan fingerprint density at radius 3 is 2.86 bits per heavy atom. The standard InChI is InChI=1S/C13H9ClN4OS2/c1-7-15-10(6-20-7)8-3-2-4-9(5-8)16-11(19)12-17-18-13(14)21-12/h2-6H,1H3,(H,16,19). The second-order valence-electron chi connectivity index (χ2n) is 4.15. The van der Waals surface area contributed by atoms with Crippen molar-refractivity contribution in [3.05, 3.63) is 44.1 Å². The lowest BCUT2D eigenvalue weighted by molar-refractivity contribution is 0.102. The fourth-order valence-electron chi connectivity index (χ4n) is 1.73. The van der Waals surface area contributed by atoms with Crippen molar-refractivity contribution in [3.63, 3.8) is 0 Å². The molecule has 2 aromatic heterocycles. The van der Waals surface area contributed by atoms with Crippen LogP contribution in [0.15, 0.2) is 29.6 Å². The van der Waals surface area contributed by atoms with Crippen LogP contribution in [-0.4, -0.2) is 21.1 Å². The number of nitrogens with one attached hydrogen (secondary N) is 1. The summed E-state index contributed by atoms with van der Waals surface area (Å²) in [5, 5.41) is 13.3. The maximum Gasteiger partial charge on any atom is 0.286 e. The molecule has 0 saturated heterocycles. The van der Waals surface area contributed by atoms with Crippen molar-refractivity contribution in [2.45, 2.75) is 6.92 Å². The van der Waals surface area contributed by atoms with Gasteiger partial charge in [0.1, 0.15) is 0 Å². The molecule has 2 heterocycles. The molecule has 1 N–H and O–H groups in total. The number of hydrogen-bond donors (Lipinski definition) is 1. The lowest BCUT2D eigenvalue weighted by Gasteiger charge is -2.04. The Kier molecular flexibility index (Phi) is 3.96. The number of rotatable bonds is 3. The van der Waals surface area contributed by atoms with Crippen molar-refractivity contribution in [1.29, 1.82) is 0 Å². The minimum atomic E-state index is -0.328. The molecule has 0 aliphatic heterocycles. The maximum atomic E-state index is 12.0. The predicted molar refractivity (Wildman–Crippen MR) is 85.2 cm³/mol. The summed E-state index contributed by atoms with van der Waals surface area (Å²) in [5.74, 6) is -0.328. The van der Waals surface area contributed by atoms with Crippen LogP contribution in [0.4, 0.5) is 5.69 Å². The van der Waals surface area contributed by atoms with E-state index in [2.05, 4.69) is 20.5 Å². The largest absolute Gasteiger partial charge is 0.320 e. The van der Waals surface area contributed by atoms with E-state index in [0.29, 0.717) is 5.69 Å². The highest BCUT2D eigenvalue weighted by Gasteiger charge is 2.12. The molecule has 0 radical (unpaired) electrons. The maximum absolute atomic E-state index is 12.0. The minimum absolute atomic E-state index is 0.231. The molecule has 0 atom stereocenters. The van der Waals surface area contributed by atoms with Crippen LogP contribution in [0.1, 0.15) is 14.8 Å². The third-order valence-electron chi connectivity index (χ3n) is 2.63. The summed E-state index contributed by atoms with van der Waals surface area (Å²) >= 11 is 8.30. The molecule has 106 valence electrons. The lowest BCUT2D eigenvalue weighted by atomic mass is 10.1. The smallest absolute Gasteiger partial charge is 0.286 e. The van der Waals surface area contributed by atoms with Crippen LogP contribution in [0.5, 0.6) is 0 Å². The van der Waals surface area contributed by atoms with Gasteiger partial charge in [0.25, 0.3) is 5.91 Å². The molecule has 3 aromatic rings. The van der Waals surface area contributed by atoms with Crippen LogP contribution in [0.25, 0.3) is 11.3 Å². The number of halogens is 1. The quantitative estimate of drug-likeness (QED) is 0.788. The van der Waals surface area contributed by atoms with Gasteiger partial charge in [-0.1, -0.05) is 23.5 Å². The Morgan fingerprint density at radius 1 is 1.33 bits per heavy atom. The fraction of sp³-hybridized carbons (Fsp3) is 0.0769. The van der Waals surface area contributed by atoms with E-state index in [1.54, 1.807) is 11.3 Å². The average Bonchev–Trinajstić information content (AvgIpc) is 3.08. The van der Waals surface area contributed by atoms with E-state index in [-0.39, 0.29) is 15.4 Å². The first-order valence-electron chi connectivity index (χ1n) is 5.95. The van der Waals surface area contributed by atoms with E-state index in [4.69, 9.17) is 11.6 Å². The summed E-state index contributed by atoms with van der Waals surface area (Å²) in [7, 11) is 0. The molecular formula is C13H9ClN4OS2. The van der Waals surface area contributed by atoms with Gasteiger partial charge in [-0.15, -0.1) is 21.5 Å². The van der Waals surface area contributed by atoms with Crippen LogP contribution in [0, 0.1) is 6.92 Å². The molecule has 0 unspecified atom stereocenters. The van der Waals surface area contributed by atoms with Crippen molar-refractivity contribution in [1.82, 2.24) is 15.2 Å². The Labute approximate surface area is 133 Å². The van der Waals surface area contributed by atoms with Gasteiger partial charge in [-0.25, -0.2) is 4.98 Å². The number of amides is 1. The summed E-state index contributed by atoms with van der Waals surface area (Å²) in [6.45, 7) is 1.96. The van der Waals surface area contributed by atoms with Crippen molar-refractivity contribution >= 4 is 45.9 Å². The first-order chi connectivity index (χ1) is 10.1. The average molecular weight is 337 g/mol. The molecule has 21 heavy (non-hydrogen) atoms. The lowest BCUT2D eigenvalue weighted by Crippen LogP contribution is -2.11. The topological polar surface area (TPSA) is 67.8 Å². The zero-order valence-corrected chi connectivity index (χ0v) is 13.2. The van der Waals surface area contributed by atoms with Crippen molar-refractivity contribution in [2.75, 3.05) is 5.32 Å². The zero-order valence-electron chi connectivity index (χ0n) is 10.8. The molecular weight excluding hydrogens is 328 g/mol. The summed E-state index contributed by atoms with van der Waals surface area (Å²) in [6, 6.07) is 7.50. The number of anilines is 1. The van der Waals surface area contributed by atoms with Gasteiger partial charge < -0.3 is 5.32 Å². The molecule has 8 heteroatoms. The Balaban J connectivity index is 1.82. The van der Waals surface area contributed by atoms with Gasteiger partial charge in [-0.3, -0.25) is 4.79 Å². The van der Waals surface area contributed by atoms with Gasteiger partial charge in [0.05, 0.1) is 10.7 Å². The van der Waals surface area contributed by atoms with Crippen LogP contribution in [-0.2, 0) is 0 Å². The van der Waals surface area contributed by atoms with Crippen molar-refractivity contribution in [2.24, 2.45) is 0 Å². The summed E-state index contributed by atoms with van der Waals surface area (Å²) in [6.07, 6.45) is 0. The number of thiazole rings is 1. The van der Waals surface area contributed by atoms with Crippen molar-refractivity contribution in [3.8, 4) is 11.3 Å². The molecule has 1 amide bonds. The Morgan fingerprint density at radius 2 is 2.19 bits per heavy atom. The molecule has 0 fully saturated rings. The molecule has 0 spiro atoms. The molecule has 0 saturated carbocycles. The van der Waals surface area contributed by atoms with Gasteiger partial charge >= 0.3 is 0 Å². The highest BCUT2D eigenvalue weighted by atomic mass is 35.5. The van der Waals surface area contributed by atoms with Crippen LogP contribution < -0.4 is 5.32 Å². The highest BCUT2D eigenvalue weighted by Crippen LogP contribution is 2.24. The van der Waals surface area contributed by atoms with Gasteiger partial charge in [-0.05, 0) is 30.7 Å². The Bertz CT molecular complexity index is 799. The number of benzene rings is 1. The number of hydrogen-bond acceptors (Lipinski definition) is 6. The number of carbonyl (C=O) groups excluding carboxylic acids is 1. The van der Waals surface area contributed by atoms with E-state index < -0.39 is 0 Å². The van der Waals surface area contributed by atoms with E-state index in [0.717, 1.165) is 27.6 Å². The third-order valence-corrected chi connectivity index (χ3v) is 4.42. The fourth-order valence-corrected chi connectivity index (χ4v) is 3.08. The van der Waals surface area contributed by atoms with Crippen LogP contribution in [0.3, 0.4) is 0 Å². The van der Waals surface area contributed by atoms with Crippen molar-refractivity contribution < 1.29 is 4.79 Å². The zero-order chi connectivity index (χ0) is 14.8. The normalized spacial score (nSPS) is 10.6. The van der Waals surface area contributed by atoms with E-state index in [9.17, 15) is 4.79 Å². The summed E-state index contributed by atoms with van der Waals surface area (Å²) in [5.41, 5.74) is 2.52. The number of aromatic nitrogens is 3. The van der Waals surface area contributed by atoms with E-state index in [1.165, 1.54) is 0 Å². The summed E-state index contributed by atoms with van der Waals surface area (Å²) < 4.78 is 0.242.